The highest BCUT2D eigenvalue weighted by atomic mass is 35.5. The van der Waals surface area contributed by atoms with Crippen LogP contribution in [0.25, 0.3) is 11.0 Å². The van der Waals surface area contributed by atoms with Crippen molar-refractivity contribution in [2.45, 2.75) is 50.9 Å². The average molecular weight is 434 g/mol. The average Bonchev–Trinajstić information content (AvgIpc) is 3.06. The van der Waals surface area contributed by atoms with Gasteiger partial charge in [0.15, 0.2) is 0 Å². The van der Waals surface area contributed by atoms with E-state index in [0.29, 0.717) is 0 Å². The molecule has 2 aliphatic heterocycles. The Labute approximate surface area is 178 Å². The molecule has 3 aromatic rings. The van der Waals surface area contributed by atoms with Gasteiger partial charge in [-0.25, -0.2) is 4.98 Å². The maximum absolute atomic E-state index is 13.0. The van der Waals surface area contributed by atoms with Crippen LogP contribution in [0.5, 0.6) is 0 Å². The van der Waals surface area contributed by atoms with Gasteiger partial charge in [-0.2, -0.15) is 13.2 Å². The van der Waals surface area contributed by atoms with Crippen LogP contribution in [0.15, 0.2) is 36.4 Å². The molecule has 0 aliphatic carbocycles. The second-order valence-corrected chi connectivity index (χ2v) is 8.83. The molecule has 0 atom stereocenters. The number of rotatable bonds is 3. The Morgan fingerprint density at radius 2 is 1.87 bits per heavy atom. The predicted octanol–water partition coefficient (Wildman–Crippen LogP) is 6.03. The topological polar surface area (TPSA) is 21.1 Å². The number of hydrogen-bond acceptors (Lipinski definition) is 2. The fraction of sp³-hybridized carbons (Fsp3) is 0.435. The fourth-order valence-electron chi connectivity index (χ4n) is 4.94. The SMILES string of the molecule is FC(F)(F)c1cccc(C2CCN(Cc3nc4cc(Cl)cc5c4n3CCC5)CC2)c1. The van der Waals surface area contributed by atoms with Crippen molar-refractivity contribution >= 4 is 22.6 Å². The lowest BCUT2D eigenvalue weighted by Crippen LogP contribution is -2.33. The maximum atomic E-state index is 13.0. The van der Waals surface area contributed by atoms with E-state index in [0.717, 1.165) is 79.9 Å². The molecule has 3 nitrogen and oxygen atoms in total. The van der Waals surface area contributed by atoms with Gasteiger partial charge in [-0.1, -0.05) is 29.8 Å². The molecule has 30 heavy (non-hydrogen) atoms. The van der Waals surface area contributed by atoms with Gasteiger partial charge in [0.25, 0.3) is 0 Å². The number of benzene rings is 2. The van der Waals surface area contributed by atoms with E-state index in [1.807, 2.05) is 18.2 Å². The van der Waals surface area contributed by atoms with E-state index in [9.17, 15) is 13.2 Å². The third-order valence-corrected chi connectivity index (χ3v) is 6.65. The summed E-state index contributed by atoms with van der Waals surface area (Å²) < 4.78 is 41.4. The van der Waals surface area contributed by atoms with Gasteiger partial charge in [0.05, 0.1) is 23.1 Å². The Balaban J connectivity index is 1.30. The van der Waals surface area contributed by atoms with Gasteiger partial charge >= 0.3 is 6.18 Å². The number of hydrogen-bond donors (Lipinski definition) is 0. The standard InChI is InChI=1S/C23H23ClF3N3/c24-19-12-17-4-2-8-30-21(28-20(13-19)22(17)30)14-29-9-6-15(7-10-29)16-3-1-5-18(11-16)23(25,26)27/h1,3,5,11-13,15H,2,4,6-10,14H2. The van der Waals surface area contributed by atoms with Crippen molar-refractivity contribution in [1.29, 1.82) is 0 Å². The summed E-state index contributed by atoms with van der Waals surface area (Å²) in [4.78, 5) is 7.23. The van der Waals surface area contributed by atoms with Gasteiger partial charge in [-0.3, -0.25) is 4.90 Å². The lowest BCUT2D eigenvalue weighted by molar-refractivity contribution is -0.137. The van der Waals surface area contributed by atoms with E-state index in [-0.39, 0.29) is 5.92 Å². The van der Waals surface area contributed by atoms with Gasteiger partial charge in [0, 0.05) is 11.6 Å². The number of aryl methyl sites for hydroxylation is 2. The number of nitrogens with zero attached hydrogens (tertiary/aromatic N) is 3. The van der Waals surface area contributed by atoms with Crippen LogP contribution in [-0.4, -0.2) is 27.5 Å². The van der Waals surface area contributed by atoms with Crippen LogP contribution in [-0.2, 0) is 25.7 Å². The Morgan fingerprint density at radius 1 is 1.07 bits per heavy atom. The van der Waals surface area contributed by atoms with Crippen LogP contribution in [0.2, 0.25) is 5.02 Å². The van der Waals surface area contributed by atoms with Crippen LogP contribution in [0.3, 0.4) is 0 Å². The van der Waals surface area contributed by atoms with Crippen molar-refractivity contribution in [3.05, 3.63) is 63.9 Å². The van der Waals surface area contributed by atoms with Crippen LogP contribution in [0.1, 0.15) is 47.7 Å². The zero-order valence-corrected chi connectivity index (χ0v) is 17.3. The van der Waals surface area contributed by atoms with Gasteiger partial charge in [-0.15, -0.1) is 0 Å². The zero-order chi connectivity index (χ0) is 20.9. The van der Waals surface area contributed by atoms with Crippen LogP contribution in [0.4, 0.5) is 13.2 Å². The van der Waals surface area contributed by atoms with E-state index < -0.39 is 11.7 Å². The molecule has 3 heterocycles. The molecule has 0 bridgehead atoms. The van der Waals surface area contributed by atoms with Crippen molar-refractivity contribution < 1.29 is 13.2 Å². The summed E-state index contributed by atoms with van der Waals surface area (Å²) in [6.45, 7) is 3.46. The van der Waals surface area contributed by atoms with Crippen LogP contribution in [0, 0.1) is 0 Å². The molecule has 0 radical (unpaired) electrons. The van der Waals surface area contributed by atoms with Crippen LogP contribution >= 0.6 is 11.6 Å². The molecule has 0 saturated carbocycles. The van der Waals surface area contributed by atoms with Crippen LogP contribution < -0.4 is 0 Å². The van der Waals surface area contributed by atoms with E-state index in [1.165, 1.54) is 23.2 Å². The normalized spacial score (nSPS) is 18.3. The number of likely N-dealkylation sites (tertiary alicyclic amines) is 1. The minimum atomic E-state index is -4.29. The third-order valence-electron chi connectivity index (χ3n) is 6.43. The Kier molecular flexibility index (Phi) is 5.02. The molecule has 1 saturated heterocycles. The van der Waals surface area contributed by atoms with Gasteiger partial charge < -0.3 is 4.57 Å². The van der Waals surface area contributed by atoms with Gasteiger partial charge in [0.1, 0.15) is 5.82 Å². The van der Waals surface area contributed by atoms with Crippen molar-refractivity contribution in [2.24, 2.45) is 0 Å². The lowest BCUT2D eigenvalue weighted by Gasteiger charge is -2.32. The molecule has 7 heteroatoms. The first kappa shape index (κ1) is 19.9. The molecule has 0 unspecified atom stereocenters. The summed E-state index contributed by atoms with van der Waals surface area (Å²) in [6.07, 6.45) is -0.451. The lowest BCUT2D eigenvalue weighted by atomic mass is 9.88. The molecule has 158 valence electrons. The molecule has 1 fully saturated rings. The van der Waals surface area contributed by atoms with E-state index in [2.05, 4.69) is 9.47 Å². The minimum absolute atomic E-state index is 0.173. The fourth-order valence-corrected chi connectivity index (χ4v) is 5.17. The Hall–Kier alpha value is -2.05. The smallest absolute Gasteiger partial charge is 0.327 e. The highest BCUT2D eigenvalue weighted by molar-refractivity contribution is 6.31. The predicted molar refractivity (Wildman–Crippen MR) is 112 cm³/mol. The van der Waals surface area contributed by atoms with Crippen molar-refractivity contribution in [3.8, 4) is 0 Å². The summed E-state index contributed by atoms with van der Waals surface area (Å²) in [5, 5.41) is 0.734. The quantitative estimate of drug-likeness (QED) is 0.502. The first-order chi connectivity index (χ1) is 14.4. The molecule has 5 rings (SSSR count). The van der Waals surface area contributed by atoms with Crippen molar-refractivity contribution in [1.82, 2.24) is 14.5 Å². The molecule has 2 aliphatic rings. The summed E-state index contributed by atoms with van der Waals surface area (Å²) >= 11 is 6.26. The summed E-state index contributed by atoms with van der Waals surface area (Å²) in [7, 11) is 0. The second kappa shape index (κ2) is 7.57. The molecular weight excluding hydrogens is 411 g/mol. The summed E-state index contributed by atoms with van der Waals surface area (Å²) in [5.74, 6) is 1.23. The molecular formula is C23H23ClF3N3. The largest absolute Gasteiger partial charge is 0.416 e. The molecule has 1 aromatic heterocycles. The molecule has 0 amide bonds. The van der Waals surface area contributed by atoms with E-state index >= 15 is 0 Å². The van der Waals surface area contributed by atoms with Gasteiger partial charge in [-0.05, 0) is 74.0 Å². The summed E-state index contributed by atoms with van der Waals surface area (Å²) in [5.41, 5.74) is 3.68. The zero-order valence-electron chi connectivity index (χ0n) is 16.6. The highest BCUT2D eigenvalue weighted by Gasteiger charge is 2.31. The molecule has 2 aromatic carbocycles. The monoisotopic (exact) mass is 433 g/mol. The maximum Gasteiger partial charge on any atom is 0.416 e. The first-order valence-corrected chi connectivity index (χ1v) is 10.8. The second-order valence-electron chi connectivity index (χ2n) is 8.39. The Bertz CT molecular complexity index is 1080. The molecule has 0 N–H and O–H groups in total. The third kappa shape index (κ3) is 3.71. The number of halogens is 4. The molecule has 0 spiro atoms. The summed E-state index contributed by atoms with van der Waals surface area (Å²) in [6, 6.07) is 9.79. The van der Waals surface area contributed by atoms with E-state index in [4.69, 9.17) is 16.6 Å². The highest BCUT2D eigenvalue weighted by Crippen LogP contribution is 2.35. The van der Waals surface area contributed by atoms with Gasteiger partial charge in [0.2, 0.25) is 0 Å². The number of imidazole rings is 1. The number of piperidine rings is 1. The number of aromatic nitrogens is 2. The van der Waals surface area contributed by atoms with Crippen molar-refractivity contribution in [3.63, 3.8) is 0 Å². The number of alkyl halides is 3. The Morgan fingerprint density at radius 3 is 2.63 bits per heavy atom. The van der Waals surface area contributed by atoms with E-state index in [1.54, 1.807) is 0 Å². The van der Waals surface area contributed by atoms with Crippen molar-refractivity contribution in [2.75, 3.05) is 13.1 Å². The minimum Gasteiger partial charge on any atom is -0.327 e. The first-order valence-electron chi connectivity index (χ1n) is 10.5.